The highest BCUT2D eigenvalue weighted by molar-refractivity contribution is 14.0. The van der Waals surface area contributed by atoms with Gasteiger partial charge in [-0.2, -0.15) is 0 Å². The number of methoxy groups -OCH3 is 1. The normalized spacial score (nSPS) is 20.6. The highest BCUT2D eigenvalue weighted by atomic mass is 127. The Bertz CT molecular complexity index is 238. The maximum absolute atomic E-state index is 4.99. The van der Waals surface area contributed by atoms with Gasteiger partial charge in [-0.05, 0) is 25.4 Å². The average Bonchev–Trinajstić information content (AvgIpc) is 2.81. The summed E-state index contributed by atoms with van der Waals surface area (Å²) in [5.41, 5.74) is 0. The number of ether oxygens (including phenoxy) is 1. The molecule has 1 saturated heterocycles. The van der Waals surface area contributed by atoms with Crippen molar-refractivity contribution >= 4 is 29.9 Å². The van der Waals surface area contributed by atoms with Gasteiger partial charge in [0.2, 0.25) is 0 Å². The van der Waals surface area contributed by atoms with E-state index in [2.05, 4.69) is 27.4 Å². The van der Waals surface area contributed by atoms with Gasteiger partial charge in [0.05, 0.1) is 6.61 Å². The van der Waals surface area contributed by atoms with Gasteiger partial charge in [-0.3, -0.25) is 4.99 Å². The van der Waals surface area contributed by atoms with Crippen molar-refractivity contribution in [2.24, 2.45) is 10.9 Å². The summed E-state index contributed by atoms with van der Waals surface area (Å²) in [6.45, 7) is 8.33. The van der Waals surface area contributed by atoms with Crippen LogP contribution in [0.15, 0.2) is 4.99 Å². The number of nitrogens with one attached hydrogen (secondary N) is 2. The van der Waals surface area contributed by atoms with Crippen LogP contribution >= 0.6 is 24.0 Å². The van der Waals surface area contributed by atoms with E-state index in [-0.39, 0.29) is 24.0 Å². The maximum Gasteiger partial charge on any atom is 0.191 e. The molecule has 2 N–H and O–H groups in total. The first-order chi connectivity index (χ1) is 8.30. The monoisotopic (exact) mass is 370 g/mol. The molecule has 1 rings (SSSR count). The van der Waals surface area contributed by atoms with Crippen molar-refractivity contribution in [2.75, 3.05) is 53.5 Å². The third kappa shape index (κ3) is 6.75. The second-order valence-corrected chi connectivity index (χ2v) is 4.42. The van der Waals surface area contributed by atoms with Crippen molar-refractivity contribution in [2.45, 2.75) is 13.3 Å². The van der Waals surface area contributed by atoms with E-state index in [9.17, 15) is 0 Å². The quantitative estimate of drug-likeness (QED) is 0.314. The van der Waals surface area contributed by atoms with Gasteiger partial charge in [-0.1, -0.05) is 6.92 Å². The summed E-state index contributed by atoms with van der Waals surface area (Å²) in [6.07, 6.45) is 1.29. The molecular weight excluding hydrogens is 343 g/mol. The van der Waals surface area contributed by atoms with Crippen molar-refractivity contribution in [1.82, 2.24) is 15.5 Å². The Hall–Kier alpha value is -0.0800. The molecule has 0 saturated carbocycles. The smallest absolute Gasteiger partial charge is 0.191 e. The van der Waals surface area contributed by atoms with Crippen LogP contribution in [0.25, 0.3) is 0 Å². The fourth-order valence-electron chi connectivity index (χ4n) is 2.10. The predicted octanol–water partition coefficient (Wildman–Crippen LogP) is 0.758. The molecule has 0 aromatic rings. The molecule has 1 unspecified atom stereocenters. The summed E-state index contributed by atoms with van der Waals surface area (Å²) in [6, 6.07) is 0. The molecule has 1 fully saturated rings. The maximum atomic E-state index is 4.99. The predicted molar refractivity (Wildman–Crippen MR) is 86.9 cm³/mol. The van der Waals surface area contributed by atoms with Crippen molar-refractivity contribution in [3.8, 4) is 0 Å². The number of likely N-dealkylation sites (tertiary alicyclic amines) is 1. The first-order valence-electron chi connectivity index (χ1n) is 6.46. The molecule has 1 aliphatic rings. The molecule has 5 nitrogen and oxygen atoms in total. The standard InChI is InChI=1S/C12H26N4O.HI/c1-4-16-7-5-11(10-16)9-15-12(13-2)14-6-8-17-3;/h11H,4-10H2,1-3H3,(H2,13,14,15);1H. The average molecular weight is 370 g/mol. The fourth-order valence-corrected chi connectivity index (χ4v) is 2.10. The minimum absolute atomic E-state index is 0. The Kier molecular flexibility index (Phi) is 10.8. The van der Waals surface area contributed by atoms with Crippen LogP contribution in [0.1, 0.15) is 13.3 Å². The summed E-state index contributed by atoms with van der Waals surface area (Å²) in [7, 11) is 3.50. The van der Waals surface area contributed by atoms with Crippen molar-refractivity contribution in [3.05, 3.63) is 0 Å². The zero-order valence-corrected chi connectivity index (χ0v) is 14.1. The van der Waals surface area contributed by atoms with Gasteiger partial charge < -0.3 is 20.3 Å². The molecule has 0 aromatic heterocycles. The van der Waals surface area contributed by atoms with E-state index in [0.717, 1.165) is 31.5 Å². The number of halogens is 1. The van der Waals surface area contributed by atoms with E-state index >= 15 is 0 Å². The molecule has 0 amide bonds. The number of guanidine groups is 1. The molecule has 0 bridgehead atoms. The summed E-state index contributed by atoms with van der Waals surface area (Å²) >= 11 is 0. The van der Waals surface area contributed by atoms with Gasteiger partial charge >= 0.3 is 0 Å². The molecule has 0 aliphatic carbocycles. The van der Waals surface area contributed by atoms with E-state index in [0.29, 0.717) is 6.61 Å². The molecule has 0 radical (unpaired) electrons. The first kappa shape index (κ1) is 17.9. The summed E-state index contributed by atoms with van der Waals surface area (Å²) < 4.78 is 4.99. The zero-order chi connectivity index (χ0) is 12.5. The summed E-state index contributed by atoms with van der Waals surface area (Å²) in [5.74, 6) is 1.62. The number of rotatable bonds is 6. The van der Waals surface area contributed by atoms with Gasteiger partial charge in [0.25, 0.3) is 0 Å². The molecule has 1 atom stereocenters. The Morgan fingerprint density at radius 2 is 2.22 bits per heavy atom. The van der Waals surface area contributed by atoms with Crippen molar-refractivity contribution in [3.63, 3.8) is 0 Å². The summed E-state index contributed by atoms with van der Waals surface area (Å²) in [4.78, 5) is 6.68. The van der Waals surface area contributed by atoms with E-state index in [1.807, 2.05) is 0 Å². The minimum atomic E-state index is 0. The van der Waals surface area contributed by atoms with Gasteiger partial charge in [-0.15, -0.1) is 24.0 Å². The SMILES string of the molecule is CCN1CCC(CNC(=NC)NCCOC)C1.I. The second kappa shape index (κ2) is 10.8. The number of hydrogen-bond donors (Lipinski definition) is 2. The second-order valence-electron chi connectivity index (χ2n) is 4.42. The van der Waals surface area contributed by atoms with Crippen LogP contribution in [0.5, 0.6) is 0 Å². The number of nitrogens with zero attached hydrogens (tertiary/aromatic N) is 2. The lowest BCUT2D eigenvalue weighted by molar-refractivity contribution is 0.203. The fraction of sp³-hybridized carbons (Fsp3) is 0.917. The minimum Gasteiger partial charge on any atom is -0.383 e. The van der Waals surface area contributed by atoms with Crippen LogP contribution in [0.2, 0.25) is 0 Å². The molecular formula is C12H27IN4O. The molecule has 18 heavy (non-hydrogen) atoms. The molecule has 1 heterocycles. The van der Waals surface area contributed by atoms with Crippen LogP contribution in [-0.2, 0) is 4.74 Å². The van der Waals surface area contributed by atoms with Crippen LogP contribution in [0.3, 0.4) is 0 Å². The van der Waals surface area contributed by atoms with E-state index in [4.69, 9.17) is 4.74 Å². The third-order valence-corrected chi connectivity index (χ3v) is 3.20. The molecule has 1 aliphatic heterocycles. The van der Waals surface area contributed by atoms with Crippen LogP contribution in [-0.4, -0.2) is 64.3 Å². The molecule has 6 heteroatoms. The largest absolute Gasteiger partial charge is 0.383 e. The lowest BCUT2D eigenvalue weighted by Crippen LogP contribution is -2.41. The topological polar surface area (TPSA) is 48.9 Å². The third-order valence-electron chi connectivity index (χ3n) is 3.20. The van der Waals surface area contributed by atoms with E-state index in [1.54, 1.807) is 14.2 Å². The number of aliphatic imine (C=N–C) groups is 1. The van der Waals surface area contributed by atoms with E-state index < -0.39 is 0 Å². The lowest BCUT2D eigenvalue weighted by Gasteiger charge is -2.16. The van der Waals surface area contributed by atoms with E-state index in [1.165, 1.54) is 19.5 Å². The van der Waals surface area contributed by atoms with Crippen molar-refractivity contribution in [1.29, 1.82) is 0 Å². The van der Waals surface area contributed by atoms with Crippen molar-refractivity contribution < 1.29 is 4.74 Å². The highest BCUT2D eigenvalue weighted by Crippen LogP contribution is 2.14. The first-order valence-corrected chi connectivity index (χ1v) is 6.46. The molecule has 108 valence electrons. The zero-order valence-electron chi connectivity index (χ0n) is 11.7. The van der Waals surface area contributed by atoms with Gasteiger partial charge in [0.15, 0.2) is 5.96 Å². The van der Waals surface area contributed by atoms with Crippen LogP contribution < -0.4 is 10.6 Å². The molecule has 0 aromatic carbocycles. The van der Waals surface area contributed by atoms with Gasteiger partial charge in [0, 0.05) is 33.8 Å². The Morgan fingerprint density at radius 3 is 2.78 bits per heavy atom. The van der Waals surface area contributed by atoms with Crippen LogP contribution in [0, 0.1) is 5.92 Å². The Labute approximate surface area is 128 Å². The Morgan fingerprint density at radius 1 is 1.44 bits per heavy atom. The molecule has 0 spiro atoms. The Balaban J connectivity index is 0.00000289. The highest BCUT2D eigenvalue weighted by Gasteiger charge is 2.20. The summed E-state index contributed by atoms with van der Waals surface area (Å²) in [5, 5.41) is 6.59. The van der Waals surface area contributed by atoms with Gasteiger partial charge in [0.1, 0.15) is 0 Å². The lowest BCUT2D eigenvalue weighted by atomic mass is 10.1. The van der Waals surface area contributed by atoms with Crippen LogP contribution in [0.4, 0.5) is 0 Å². The number of hydrogen-bond acceptors (Lipinski definition) is 3. The van der Waals surface area contributed by atoms with Gasteiger partial charge in [-0.25, -0.2) is 0 Å².